The Balaban J connectivity index is 1.94. The van der Waals surface area contributed by atoms with Crippen molar-refractivity contribution < 1.29 is 9.53 Å². The number of hydrogen-bond donors (Lipinski definition) is 2. The van der Waals surface area contributed by atoms with Crippen molar-refractivity contribution in [3.63, 3.8) is 0 Å². The highest BCUT2D eigenvalue weighted by atomic mass is 16.5. The minimum atomic E-state index is -0.116. The number of carbonyl (C=O) groups is 1. The van der Waals surface area contributed by atoms with Gasteiger partial charge in [0, 0.05) is 38.4 Å². The van der Waals surface area contributed by atoms with Crippen molar-refractivity contribution in [3.05, 3.63) is 28.7 Å². The van der Waals surface area contributed by atoms with E-state index >= 15 is 0 Å². The van der Waals surface area contributed by atoms with Crippen LogP contribution < -0.4 is 16.6 Å². The zero-order chi connectivity index (χ0) is 14.5. The first-order valence-electron chi connectivity index (χ1n) is 6.85. The average molecular weight is 279 g/mol. The van der Waals surface area contributed by atoms with Crippen LogP contribution >= 0.6 is 0 Å². The molecule has 1 fully saturated rings. The second kappa shape index (κ2) is 6.67. The third kappa shape index (κ3) is 4.18. The molecule has 1 unspecified atom stereocenters. The van der Waals surface area contributed by atoms with Crippen LogP contribution in [0.15, 0.2) is 23.1 Å². The Morgan fingerprint density at radius 1 is 1.55 bits per heavy atom. The number of nitrogens with two attached hydrogens (primary N) is 1. The summed E-state index contributed by atoms with van der Waals surface area (Å²) in [7, 11) is 1.58. The smallest absolute Gasteiger partial charge is 0.250 e. The van der Waals surface area contributed by atoms with Gasteiger partial charge in [-0.15, -0.1) is 0 Å². The van der Waals surface area contributed by atoms with Crippen LogP contribution in [0.25, 0.3) is 0 Å². The summed E-state index contributed by atoms with van der Waals surface area (Å²) in [6, 6.07) is 2.98. The first-order valence-corrected chi connectivity index (χ1v) is 6.85. The van der Waals surface area contributed by atoms with E-state index in [1.165, 1.54) is 10.6 Å². The topological polar surface area (TPSA) is 86.3 Å². The lowest BCUT2D eigenvalue weighted by Crippen LogP contribution is -2.29. The number of hydrogen-bond acceptors (Lipinski definition) is 4. The van der Waals surface area contributed by atoms with Crippen LogP contribution in [-0.4, -0.2) is 30.2 Å². The quantitative estimate of drug-likeness (QED) is 0.763. The molecule has 1 saturated carbocycles. The highest BCUT2D eigenvalue weighted by Gasteiger charge is 2.29. The van der Waals surface area contributed by atoms with E-state index in [-0.39, 0.29) is 17.5 Å². The second-order valence-corrected chi connectivity index (χ2v) is 5.20. The van der Waals surface area contributed by atoms with Crippen LogP contribution in [0.5, 0.6) is 0 Å². The van der Waals surface area contributed by atoms with Gasteiger partial charge in [-0.1, -0.05) is 0 Å². The fourth-order valence-corrected chi connectivity index (χ4v) is 2.09. The minimum Gasteiger partial charge on any atom is -0.383 e. The Morgan fingerprint density at radius 2 is 2.30 bits per heavy atom. The largest absolute Gasteiger partial charge is 0.383 e. The van der Waals surface area contributed by atoms with Crippen LogP contribution in [0, 0.1) is 5.92 Å². The van der Waals surface area contributed by atoms with Crippen LogP contribution in [0.1, 0.15) is 19.3 Å². The lowest BCUT2D eigenvalue weighted by molar-refractivity contribution is -0.116. The molecule has 0 spiro atoms. The van der Waals surface area contributed by atoms with E-state index in [0.717, 1.165) is 12.8 Å². The lowest BCUT2D eigenvalue weighted by atomic mass is 10.1. The normalized spacial score (nSPS) is 15.9. The van der Waals surface area contributed by atoms with E-state index in [1.807, 2.05) is 0 Å². The van der Waals surface area contributed by atoms with Gasteiger partial charge in [-0.25, -0.2) is 0 Å². The summed E-state index contributed by atoms with van der Waals surface area (Å²) >= 11 is 0. The third-order valence-corrected chi connectivity index (χ3v) is 3.45. The first kappa shape index (κ1) is 14.7. The summed E-state index contributed by atoms with van der Waals surface area (Å²) in [6.45, 7) is 0.907. The highest BCUT2D eigenvalue weighted by Crippen LogP contribution is 2.32. The SMILES string of the molecule is COCCn1cc(NC(=O)CC(N)C2CC2)ccc1=O. The van der Waals surface area contributed by atoms with Crippen molar-refractivity contribution in [2.75, 3.05) is 19.0 Å². The van der Waals surface area contributed by atoms with E-state index in [0.29, 0.717) is 31.2 Å². The van der Waals surface area contributed by atoms with Gasteiger partial charge in [0.05, 0.1) is 12.3 Å². The molecule has 0 bridgehead atoms. The van der Waals surface area contributed by atoms with Crippen molar-refractivity contribution in [2.24, 2.45) is 11.7 Å². The van der Waals surface area contributed by atoms with Gasteiger partial charge in [-0.3, -0.25) is 9.59 Å². The molecule has 2 rings (SSSR count). The van der Waals surface area contributed by atoms with E-state index in [9.17, 15) is 9.59 Å². The van der Waals surface area contributed by atoms with Crippen molar-refractivity contribution in [2.45, 2.75) is 31.8 Å². The summed E-state index contributed by atoms with van der Waals surface area (Å²) < 4.78 is 6.46. The van der Waals surface area contributed by atoms with Gasteiger partial charge in [0.25, 0.3) is 5.56 Å². The van der Waals surface area contributed by atoms with E-state index < -0.39 is 0 Å². The van der Waals surface area contributed by atoms with Crippen molar-refractivity contribution in [1.29, 1.82) is 0 Å². The Morgan fingerprint density at radius 3 is 2.95 bits per heavy atom. The van der Waals surface area contributed by atoms with Crippen LogP contribution in [0.3, 0.4) is 0 Å². The van der Waals surface area contributed by atoms with Gasteiger partial charge in [-0.2, -0.15) is 0 Å². The van der Waals surface area contributed by atoms with E-state index in [4.69, 9.17) is 10.5 Å². The standard InChI is InChI=1S/C14H21N3O3/c1-20-7-6-17-9-11(4-5-14(17)19)16-13(18)8-12(15)10-2-3-10/h4-5,9-10,12H,2-3,6-8,15H2,1H3,(H,16,18). The van der Waals surface area contributed by atoms with Gasteiger partial charge in [0.15, 0.2) is 0 Å². The number of anilines is 1. The summed E-state index contributed by atoms with van der Waals surface area (Å²) in [5, 5.41) is 2.78. The summed E-state index contributed by atoms with van der Waals surface area (Å²) in [5.41, 5.74) is 6.41. The number of nitrogens with one attached hydrogen (secondary N) is 1. The maximum absolute atomic E-state index is 11.9. The second-order valence-electron chi connectivity index (χ2n) is 5.20. The molecule has 1 aromatic rings. The molecule has 1 aliphatic carbocycles. The van der Waals surface area contributed by atoms with Gasteiger partial charge in [-0.05, 0) is 24.8 Å². The average Bonchev–Trinajstić information content (AvgIpc) is 3.23. The summed E-state index contributed by atoms with van der Waals surface area (Å²) in [6.07, 6.45) is 4.19. The number of amides is 1. The zero-order valence-corrected chi connectivity index (χ0v) is 11.7. The fourth-order valence-electron chi connectivity index (χ4n) is 2.09. The maximum Gasteiger partial charge on any atom is 0.250 e. The number of ether oxygens (including phenoxy) is 1. The Bertz CT molecular complexity index is 523. The number of carbonyl (C=O) groups excluding carboxylic acids is 1. The van der Waals surface area contributed by atoms with Crippen LogP contribution in [-0.2, 0) is 16.1 Å². The zero-order valence-electron chi connectivity index (χ0n) is 11.7. The maximum atomic E-state index is 11.9. The highest BCUT2D eigenvalue weighted by molar-refractivity contribution is 5.90. The monoisotopic (exact) mass is 279 g/mol. The van der Waals surface area contributed by atoms with Gasteiger partial charge < -0.3 is 20.4 Å². The Kier molecular flexibility index (Phi) is 4.92. The summed E-state index contributed by atoms with van der Waals surface area (Å²) in [4.78, 5) is 23.5. The number of methoxy groups -OCH3 is 1. The first-order chi connectivity index (χ1) is 9.60. The number of pyridine rings is 1. The number of aromatic nitrogens is 1. The number of rotatable bonds is 7. The molecular formula is C14H21N3O3. The van der Waals surface area contributed by atoms with Crippen molar-refractivity contribution >= 4 is 11.6 Å². The predicted molar refractivity (Wildman–Crippen MR) is 76.5 cm³/mol. The van der Waals surface area contributed by atoms with Gasteiger partial charge in [0.2, 0.25) is 5.91 Å². The molecule has 20 heavy (non-hydrogen) atoms. The molecule has 6 heteroatoms. The molecule has 1 aliphatic rings. The molecule has 1 aromatic heterocycles. The molecule has 0 aliphatic heterocycles. The van der Waals surface area contributed by atoms with Gasteiger partial charge in [0.1, 0.15) is 0 Å². The molecule has 1 amide bonds. The van der Waals surface area contributed by atoms with Crippen molar-refractivity contribution in [3.8, 4) is 0 Å². The minimum absolute atomic E-state index is 0.0607. The molecular weight excluding hydrogens is 258 g/mol. The molecule has 0 radical (unpaired) electrons. The van der Waals surface area contributed by atoms with Gasteiger partial charge >= 0.3 is 0 Å². The van der Waals surface area contributed by atoms with E-state index in [2.05, 4.69) is 5.32 Å². The lowest BCUT2D eigenvalue weighted by Gasteiger charge is -2.12. The molecule has 1 heterocycles. The molecule has 0 aromatic carbocycles. The molecule has 0 saturated heterocycles. The Labute approximate surface area is 117 Å². The van der Waals surface area contributed by atoms with E-state index in [1.54, 1.807) is 19.4 Å². The van der Waals surface area contributed by atoms with Crippen LogP contribution in [0.2, 0.25) is 0 Å². The third-order valence-electron chi connectivity index (χ3n) is 3.45. The Hall–Kier alpha value is -1.66. The predicted octanol–water partition coefficient (Wildman–Crippen LogP) is 0.561. The van der Waals surface area contributed by atoms with Crippen LogP contribution in [0.4, 0.5) is 5.69 Å². The summed E-state index contributed by atoms with van der Waals surface area (Å²) in [5.74, 6) is 0.387. The van der Waals surface area contributed by atoms with Crippen molar-refractivity contribution in [1.82, 2.24) is 4.57 Å². The molecule has 3 N–H and O–H groups in total. The molecule has 1 atom stereocenters. The molecule has 6 nitrogen and oxygen atoms in total. The fraction of sp³-hybridized carbons (Fsp3) is 0.571. The molecule has 110 valence electrons. The number of nitrogens with zero attached hydrogens (tertiary/aromatic N) is 1.